The number of carbonyl (C=O) groups excluding carboxylic acids is 2. The molecule has 0 N–H and O–H groups in total. The van der Waals surface area contributed by atoms with E-state index in [-0.39, 0.29) is 30.3 Å². The van der Waals surface area contributed by atoms with E-state index in [2.05, 4.69) is 0 Å². The summed E-state index contributed by atoms with van der Waals surface area (Å²) >= 11 is 0. The predicted octanol–water partition coefficient (Wildman–Crippen LogP) is 1.05. The number of ether oxygens (including phenoxy) is 4. The lowest BCUT2D eigenvalue weighted by Gasteiger charge is -2.42. The molecule has 3 heterocycles. The maximum absolute atomic E-state index is 12.2. The Hall–Kier alpha value is -1.34. The van der Waals surface area contributed by atoms with E-state index in [0.717, 1.165) is 0 Å². The molecule has 3 rings (SSSR count). The molecular weight excluding hydrogens is 278 g/mol. The van der Waals surface area contributed by atoms with Crippen molar-refractivity contribution in [2.24, 2.45) is 0 Å². The van der Waals surface area contributed by atoms with E-state index in [4.69, 9.17) is 18.9 Å². The normalized spacial score (nSPS) is 33.2. The number of carbonyl (C=O) groups is 2. The summed E-state index contributed by atoms with van der Waals surface area (Å²) in [5.41, 5.74) is 0. The van der Waals surface area contributed by atoms with Crippen molar-refractivity contribution in [1.29, 1.82) is 0 Å². The van der Waals surface area contributed by atoms with Gasteiger partial charge < -0.3 is 18.9 Å². The fraction of sp³-hybridized carbons (Fsp3) is 0.857. The fourth-order valence-corrected chi connectivity index (χ4v) is 3.72. The average molecular weight is 299 g/mol. The number of fused-ring (bicyclic) bond motifs is 2. The van der Waals surface area contributed by atoms with E-state index in [0.29, 0.717) is 39.1 Å². The van der Waals surface area contributed by atoms with Gasteiger partial charge in [0.1, 0.15) is 6.10 Å². The first-order valence-corrected chi connectivity index (χ1v) is 7.45. The summed E-state index contributed by atoms with van der Waals surface area (Å²) in [7, 11) is 0. The van der Waals surface area contributed by atoms with E-state index in [9.17, 15) is 9.59 Å². The maximum atomic E-state index is 12.2. The van der Waals surface area contributed by atoms with Gasteiger partial charge in [0, 0.05) is 32.2 Å². The fourth-order valence-electron chi connectivity index (χ4n) is 3.72. The number of rotatable bonds is 2. The Morgan fingerprint density at radius 1 is 1.29 bits per heavy atom. The molecule has 7 nitrogen and oxygen atoms in total. The molecule has 0 aliphatic carbocycles. The highest BCUT2D eigenvalue weighted by Gasteiger charge is 2.58. The van der Waals surface area contributed by atoms with Gasteiger partial charge in [-0.1, -0.05) is 0 Å². The molecule has 1 spiro atoms. The third-order valence-corrected chi connectivity index (χ3v) is 4.36. The first-order valence-electron chi connectivity index (χ1n) is 7.45. The van der Waals surface area contributed by atoms with Crippen LogP contribution in [0.5, 0.6) is 0 Å². The molecule has 0 aromatic carbocycles. The topological polar surface area (TPSA) is 74.3 Å². The molecular formula is C14H21NO6. The van der Waals surface area contributed by atoms with Crippen molar-refractivity contribution >= 4 is 12.1 Å². The Labute approximate surface area is 123 Å². The van der Waals surface area contributed by atoms with Gasteiger partial charge in [0.2, 0.25) is 0 Å². The first-order chi connectivity index (χ1) is 10.0. The third kappa shape index (κ3) is 2.60. The highest BCUT2D eigenvalue weighted by molar-refractivity contribution is 5.70. The monoisotopic (exact) mass is 299 g/mol. The summed E-state index contributed by atoms with van der Waals surface area (Å²) < 4.78 is 22.0. The average Bonchev–Trinajstić information content (AvgIpc) is 2.92. The number of hydrogen-bond donors (Lipinski definition) is 0. The second-order valence-electron chi connectivity index (χ2n) is 5.73. The van der Waals surface area contributed by atoms with Crippen LogP contribution in [0.2, 0.25) is 0 Å². The van der Waals surface area contributed by atoms with Crippen LogP contribution in [-0.2, 0) is 23.7 Å². The lowest BCUT2D eigenvalue weighted by molar-refractivity contribution is -0.199. The van der Waals surface area contributed by atoms with Crippen LogP contribution in [0, 0.1) is 0 Å². The van der Waals surface area contributed by atoms with Gasteiger partial charge in [-0.2, -0.15) is 0 Å². The quantitative estimate of drug-likeness (QED) is 0.710. The van der Waals surface area contributed by atoms with Crippen molar-refractivity contribution in [2.75, 3.05) is 19.8 Å². The maximum Gasteiger partial charge on any atom is 0.410 e. The van der Waals surface area contributed by atoms with Crippen LogP contribution >= 0.6 is 0 Å². The molecule has 3 aliphatic heterocycles. The summed E-state index contributed by atoms with van der Waals surface area (Å²) in [6.07, 6.45) is 1.05. The zero-order chi connectivity index (χ0) is 15.0. The van der Waals surface area contributed by atoms with Crippen molar-refractivity contribution in [3.63, 3.8) is 0 Å². The lowest BCUT2D eigenvalue weighted by atomic mass is 9.96. The second-order valence-corrected chi connectivity index (χ2v) is 5.73. The van der Waals surface area contributed by atoms with Crippen LogP contribution < -0.4 is 0 Å². The summed E-state index contributed by atoms with van der Waals surface area (Å²) in [4.78, 5) is 25.2. The largest absolute Gasteiger partial charge is 0.460 e. The predicted molar refractivity (Wildman–Crippen MR) is 70.5 cm³/mol. The van der Waals surface area contributed by atoms with Gasteiger partial charge in [-0.05, 0) is 6.92 Å². The van der Waals surface area contributed by atoms with E-state index in [1.165, 1.54) is 6.92 Å². The van der Waals surface area contributed by atoms with Gasteiger partial charge in [0.25, 0.3) is 0 Å². The SMILES string of the molecule is CCOC(=O)N1[C@@H]2C[C@H](OC(C)=O)[C@H]1CC1(C2)OCCO1. The van der Waals surface area contributed by atoms with Crippen molar-refractivity contribution in [1.82, 2.24) is 4.90 Å². The van der Waals surface area contributed by atoms with Gasteiger partial charge in [0.05, 0.1) is 25.9 Å². The molecule has 118 valence electrons. The first kappa shape index (κ1) is 14.6. The summed E-state index contributed by atoms with van der Waals surface area (Å²) in [6, 6.07) is -0.324. The van der Waals surface area contributed by atoms with Crippen molar-refractivity contribution in [3.05, 3.63) is 0 Å². The second kappa shape index (κ2) is 5.46. The molecule has 21 heavy (non-hydrogen) atoms. The molecule has 0 aromatic rings. The summed E-state index contributed by atoms with van der Waals surface area (Å²) in [5.74, 6) is -0.966. The van der Waals surface area contributed by atoms with Gasteiger partial charge in [0.15, 0.2) is 5.79 Å². The standard InChI is InChI=1S/C14H21NO6/c1-3-18-13(17)15-10-6-12(21-9(2)16)11(15)8-14(7-10)19-4-5-20-14/h10-12H,3-8H2,1-2H3/t10-,11-,12+/m1/s1. The molecule has 0 saturated carbocycles. The number of piperidine rings is 1. The Balaban J connectivity index is 1.81. The molecule has 3 aliphatic rings. The Morgan fingerprint density at radius 2 is 2.00 bits per heavy atom. The van der Waals surface area contributed by atoms with Crippen LogP contribution in [0.25, 0.3) is 0 Å². The molecule has 3 atom stereocenters. The van der Waals surface area contributed by atoms with Gasteiger partial charge in [-0.15, -0.1) is 0 Å². The molecule has 1 amide bonds. The molecule has 0 aromatic heterocycles. The van der Waals surface area contributed by atoms with E-state index in [1.807, 2.05) is 0 Å². The van der Waals surface area contributed by atoms with Crippen LogP contribution in [-0.4, -0.2) is 60.8 Å². The van der Waals surface area contributed by atoms with Crippen molar-refractivity contribution < 1.29 is 28.5 Å². The van der Waals surface area contributed by atoms with E-state index < -0.39 is 5.79 Å². The van der Waals surface area contributed by atoms with Crippen LogP contribution in [0.4, 0.5) is 4.79 Å². The lowest BCUT2D eigenvalue weighted by Crippen LogP contribution is -2.55. The summed E-state index contributed by atoms with van der Waals surface area (Å²) in [5, 5.41) is 0. The molecule has 3 saturated heterocycles. The van der Waals surface area contributed by atoms with Gasteiger partial charge >= 0.3 is 12.1 Å². The van der Waals surface area contributed by atoms with Gasteiger partial charge in [-0.25, -0.2) is 4.79 Å². The minimum atomic E-state index is -0.632. The number of hydrogen-bond acceptors (Lipinski definition) is 6. The minimum Gasteiger partial charge on any atom is -0.460 e. The molecule has 2 bridgehead atoms. The highest BCUT2D eigenvalue weighted by Crippen LogP contribution is 2.46. The van der Waals surface area contributed by atoms with Gasteiger partial charge in [-0.3, -0.25) is 9.69 Å². The van der Waals surface area contributed by atoms with Crippen LogP contribution in [0.1, 0.15) is 33.1 Å². The molecule has 0 radical (unpaired) electrons. The van der Waals surface area contributed by atoms with Crippen LogP contribution in [0.15, 0.2) is 0 Å². The number of esters is 1. The Kier molecular flexibility index (Phi) is 3.79. The van der Waals surface area contributed by atoms with Crippen molar-refractivity contribution in [2.45, 2.75) is 57.1 Å². The zero-order valence-electron chi connectivity index (χ0n) is 12.4. The Bertz CT molecular complexity index is 433. The smallest absolute Gasteiger partial charge is 0.410 e. The van der Waals surface area contributed by atoms with E-state index >= 15 is 0 Å². The zero-order valence-corrected chi connectivity index (χ0v) is 12.4. The number of nitrogens with zero attached hydrogens (tertiary/aromatic N) is 1. The Morgan fingerprint density at radius 3 is 2.62 bits per heavy atom. The molecule has 0 unspecified atom stereocenters. The highest BCUT2D eigenvalue weighted by atomic mass is 16.7. The van der Waals surface area contributed by atoms with E-state index in [1.54, 1.807) is 11.8 Å². The van der Waals surface area contributed by atoms with Crippen molar-refractivity contribution in [3.8, 4) is 0 Å². The number of amides is 1. The summed E-state index contributed by atoms with van der Waals surface area (Å²) in [6.45, 7) is 4.62. The molecule has 7 heteroatoms. The molecule has 3 fully saturated rings. The van der Waals surface area contributed by atoms with Crippen LogP contribution in [0.3, 0.4) is 0 Å². The minimum absolute atomic E-state index is 0.0785. The third-order valence-electron chi connectivity index (χ3n) is 4.36.